The fraction of sp³-hybridized carbons (Fsp3) is 0.341. The standard InChI is InChI=1S/C41H43FN8O4/c1-22(2)35(43)40(52)49-17-5-8-33(49)37-44-21-32(47-37)26-13-15-28(29(42)18-26)23-9-11-24(12-10-23)31-20-45-38(46-31)34-19-27-7-4-6-25-14-16-30(48-41(53)54-3)39(51)50(34)36(25)27/h4,6-7,9-13,15,18,20-22,30,33-35H,5,8,14,16-17,19,43H2,1-3H3,(H,44,47)(H,45,46)(H,48,53)/t30-,33-,34-,35-/m0/s1. The van der Waals surface area contributed by atoms with Crippen LogP contribution in [0, 0.1) is 11.7 Å². The van der Waals surface area contributed by atoms with Crippen molar-refractivity contribution in [3.05, 3.63) is 102 Å². The van der Waals surface area contributed by atoms with Gasteiger partial charge in [-0.05, 0) is 59.9 Å². The molecule has 13 heteroatoms. The van der Waals surface area contributed by atoms with Gasteiger partial charge in [-0.2, -0.15) is 0 Å². The number of nitrogens with one attached hydrogen (secondary N) is 3. The molecule has 5 N–H and O–H groups in total. The van der Waals surface area contributed by atoms with Gasteiger partial charge in [0.15, 0.2) is 0 Å². The number of anilines is 1. The number of imidazole rings is 2. The molecule has 4 atom stereocenters. The van der Waals surface area contributed by atoms with Crippen molar-refractivity contribution in [1.29, 1.82) is 0 Å². The molecular weight excluding hydrogens is 688 g/mol. The molecule has 0 bridgehead atoms. The van der Waals surface area contributed by atoms with Crippen LogP contribution in [0.25, 0.3) is 33.6 Å². The second kappa shape index (κ2) is 14.2. The number of hydrogen-bond donors (Lipinski definition) is 4. The Balaban J connectivity index is 0.984. The van der Waals surface area contributed by atoms with E-state index in [4.69, 9.17) is 15.5 Å². The van der Waals surface area contributed by atoms with Gasteiger partial charge in [0.2, 0.25) is 11.8 Å². The van der Waals surface area contributed by atoms with Gasteiger partial charge in [-0.25, -0.2) is 19.2 Å². The lowest BCUT2D eigenvalue weighted by Gasteiger charge is -2.27. The zero-order valence-electron chi connectivity index (χ0n) is 30.4. The van der Waals surface area contributed by atoms with Gasteiger partial charge >= 0.3 is 6.09 Å². The largest absolute Gasteiger partial charge is 0.453 e. The number of ether oxygens (including phenoxy) is 1. The van der Waals surface area contributed by atoms with Crippen molar-refractivity contribution in [2.24, 2.45) is 11.7 Å². The second-order valence-corrected chi connectivity index (χ2v) is 14.7. The summed E-state index contributed by atoms with van der Waals surface area (Å²) in [6, 6.07) is 16.9. The summed E-state index contributed by atoms with van der Waals surface area (Å²) in [7, 11) is 1.28. The summed E-state index contributed by atoms with van der Waals surface area (Å²) >= 11 is 0. The third kappa shape index (κ3) is 6.31. The van der Waals surface area contributed by atoms with Gasteiger partial charge in [-0.3, -0.25) is 14.5 Å². The number of aromatic amines is 2. The van der Waals surface area contributed by atoms with E-state index in [-0.39, 0.29) is 35.6 Å². The molecule has 1 fully saturated rings. The zero-order valence-corrected chi connectivity index (χ0v) is 30.4. The van der Waals surface area contributed by atoms with E-state index in [9.17, 15) is 14.4 Å². The van der Waals surface area contributed by atoms with Crippen molar-refractivity contribution >= 4 is 23.6 Å². The molecule has 1 saturated heterocycles. The average molecular weight is 731 g/mol. The lowest BCUT2D eigenvalue weighted by atomic mass is 10.0. The molecule has 5 aromatic rings. The lowest BCUT2D eigenvalue weighted by molar-refractivity contribution is -0.134. The maximum Gasteiger partial charge on any atom is 0.407 e. The van der Waals surface area contributed by atoms with Crippen molar-refractivity contribution in [2.45, 2.75) is 70.1 Å². The van der Waals surface area contributed by atoms with Gasteiger partial charge in [0.25, 0.3) is 0 Å². The number of carbonyl (C=O) groups is 3. The molecule has 3 amide bonds. The number of methoxy groups -OCH3 is 1. The monoisotopic (exact) mass is 730 g/mol. The van der Waals surface area contributed by atoms with Crippen LogP contribution in [-0.4, -0.2) is 68.5 Å². The Kier molecular flexibility index (Phi) is 9.26. The number of alkyl carbamates (subject to hydrolysis) is 1. The van der Waals surface area contributed by atoms with Crippen molar-refractivity contribution in [3.63, 3.8) is 0 Å². The van der Waals surface area contributed by atoms with Crippen molar-refractivity contribution in [2.75, 3.05) is 18.6 Å². The van der Waals surface area contributed by atoms with E-state index < -0.39 is 18.2 Å². The molecule has 278 valence electrons. The Labute approximate surface area is 312 Å². The summed E-state index contributed by atoms with van der Waals surface area (Å²) in [4.78, 5) is 58.6. The van der Waals surface area contributed by atoms with Crippen LogP contribution in [-0.2, 0) is 27.2 Å². The number of nitrogens with two attached hydrogens (primary N) is 1. The Morgan fingerprint density at radius 1 is 0.926 bits per heavy atom. The molecule has 3 aromatic carbocycles. The molecule has 0 aliphatic carbocycles. The van der Waals surface area contributed by atoms with Crippen molar-refractivity contribution < 1.29 is 23.5 Å². The summed E-state index contributed by atoms with van der Waals surface area (Å²) in [5.74, 6) is 0.705. The highest BCUT2D eigenvalue weighted by atomic mass is 19.1. The maximum absolute atomic E-state index is 15.7. The summed E-state index contributed by atoms with van der Waals surface area (Å²) in [5.41, 5.74) is 13.3. The van der Waals surface area contributed by atoms with Gasteiger partial charge in [-0.1, -0.05) is 68.4 Å². The molecule has 5 heterocycles. The zero-order chi connectivity index (χ0) is 37.7. The third-order valence-electron chi connectivity index (χ3n) is 11.0. The number of hydrogen-bond acceptors (Lipinski definition) is 7. The molecule has 8 rings (SSSR count). The van der Waals surface area contributed by atoms with E-state index in [1.54, 1.807) is 23.4 Å². The first-order valence-corrected chi connectivity index (χ1v) is 18.5. The Hall–Kier alpha value is -5.82. The predicted molar refractivity (Wildman–Crippen MR) is 202 cm³/mol. The summed E-state index contributed by atoms with van der Waals surface area (Å²) in [6.07, 6.45) is 6.15. The van der Waals surface area contributed by atoms with Crippen molar-refractivity contribution in [3.8, 4) is 33.6 Å². The van der Waals surface area contributed by atoms with Crippen molar-refractivity contribution in [1.82, 2.24) is 30.2 Å². The van der Waals surface area contributed by atoms with E-state index in [0.717, 1.165) is 40.9 Å². The maximum atomic E-state index is 15.7. The number of H-pyrrole nitrogens is 2. The van der Waals surface area contributed by atoms with Crippen LogP contribution >= 0.6 is 0 Å². The van der Waals surface area contributed by atoms with Crippen LogP contribution in [0.1, 0.15) is 68.0 Å². The Morgan fingerprint density at radius 3 is 2.30 bits per heavy atom. The Bertz CT molecular complexity index is 2230. The second-order valence-electron chi connectivity index (χ2n) is 14.7. The summed E-state index contributed by atoms with van der Waals surface area (Å²) < 4.78 is 20.5. The molecule has 12 nitrogen and oxygen atoms in total. The van der Waals surface area contributed by atoms with Gasteiger partial charge in [0.1, 0.15) is 23.5 Å². The summed E-state index contributed by atoms with van der Waals surface area (Å²) in [6.45, 7) is 4.52. The van der Waals surface area contributed by atoms with Crippen LogP contribution in [0.2, 0.25) is 0 Å². The first kappa shape index (κ1) is 35.2. The van der Waals surface area contributed by atoms with E-state index in [0.29, 0.717) is 59.8 Å². The van der Waals surface area contributed by atoms with Crippen LogP contribution < -0.4 is 16.0 Å². The SMILES string of the molecule is COC(=O)N[C@H]1CCc2cccc3c2N(C1=O)[C@H](c1ncc(-c2ccc(-c4ccc(-c5cnc([C@@H]6CCCN6C(=O)[C@@H](N)C(C)C)[nH]5)cc4F)cc2)[nH]1)C3. The minimum Gasteiger partial charge on any atom is -0.453 e. The molecule has 3 aliphatic rings. The first-order valence-electron chi connectivity index (χ1n) is 18.5. The molecule has 2 aromatic heterocycles. The number of benzene rings is 3. The lowest BCUT2D eigenvalue weighted by Crippen LogP contribution is -2.48. The number of halogens is 1. The fourth-order valence-corrected chi connectivity index (χ4v) is 8.03. The van der Waals surface area contributed by atoms with E-state index in [2.05, 4.69) is 20.3 Å². The molecule has 0 unspecified atom stereocenters. The quantitative estimate of drug-likeness (QED) is 0.147. The fourth-order valence-electron chi connectivity index (χ4n) is 8.03. The number of likely N-dealkylation sites (tertiary alicyclic amines) is 1. The van der Waals surface area contributed by atoms with E-state index >= 15 is 4.39 Å². The predicted octanol–water partition coefficient (Wildman–Crippen LogP) is 6.22. The number of aryl methyl sites for hydroxylation is 1. The van der Waals surface area contributed by atoms with Gasteiger partial charge in [0, 0.05) is 24.1 Å². The molecule has 0 saturated carbocycles. The topological polar surface area (TPSA) is 162 Å². The molecular formula is C41H43FN8O4. The van der Waals surface area contributed by atoms with Crippen LogP contribution in [0.5, 0.6) is 0 Å². The highest BCUT2D eigenvalue weighted by Crippen LogP contribution is 2.44. The number of aromatic nitrogens is 4. The normalized spacial score (nSPS) is 19.9. The third-order valence-corrected chi connectivity index (χ3v) is 11.0. The highest BCUT2D eigenvalue weighted by Gasteiger charge is 2.43. The van der Waals surface area contributed by atoms with Gasteiger partial charge in [-0.15, -0.1) is 0 Å². The average Bonchev–Trinajstić information content (AvgIpc) is 4.00. The number of nitrogens with zero attached hydrogens (tertiary/aromatic N) is 4. The molecule has 0 spiro atoms. The van der Waals surface area contributed by atoms with Crippen LogP contribution in [0.4, 0.5) is 14.9 Å². The number of carbonyl (C=O) groups excluding carboxylic acids is 3. The number of amides is 3. The summed E-state index contributed by atoms with van der Waals surface area (Å²) in [5, 5.41) is 2.71. The van der Waals surface area contributed by atoms with Crippen LogP contribution in [0.3, 0.4) is 0 Å². The minimum atomic E-state index is -0.721. The smallest absolute Gasteiger partial charge is 0.407 e. The number of rotatable bonds is 8. The van der Waals surface area contributed by atoms with Crippen LogP contribution in [0.15, 0.2) is 73.1 Å². The van der Waals surface area contributed by atoms with E-state index in [1.165, 1.54) is 13.2 Å². The van der Waals surface area contributed by atoms with Gasteiger partial charge in [0.05, 0.1) is 54.7 Å². The Morgan fingerprint density at radius 2 is 1.59 bits per heavy atom. The number of para-hydroxylation sites is 1. The van der Waals surface area contributed by atoms with Gasteiger partial charge < -0.3 is 30.7 Å². The molecule has 54 heavy (non-hydrogen) atoms. The molecule has 3 aliphatic heterocycles. The minimum absolute atomic E-state index is 0.0350. The van der Waals surface area contributed by atoms with E-state index in [1.807, 2.05) is 67.3 Å². The first-order chi connectivity index (χ1) is 26.1. The highest BCUT2D eigenvalue weighted by molar-refractivity contribution is 6.02. The molecule has 0 radical (unpaired) electrons.